The number of alkyl halides is 4. The Morgan fingerprint density at radius 3 is 2.80 bits per heavy atom. The zero-order valence-electron chi connectivity index (χ0n) is 15.0. The largest absolute Gasteiger partial charge is 0.438 e. The molecule has 3 heterocycles. The predicted octanol–water partition coefficient (Wildman–Crippen LogP) is 4.23. The molecule has 0 N–H and O–H groups in total. The van der Waals surface area contributed by atoms with Crippen molar-refractivity contribution < 1.29 is 27.1 Å². The van der Waals surface area contributed by atoms with Crippen molar-refractivity contribution in [3.05, 3.63) is 59.1 Å². The van der Waals surface area contributed by atoms with E-state index in [4.69, 9.17) is 16.3 Å². The highest BCUT2D eigenvalue weighted by atomic mass is 35.5. The fourth-order valence-electron chi connectivity index (χ4n) is 3.18. The second kappa shape index (κ2) is 7.63. The summed E-state index contributed by atoms with van der Waals surface area (Å²) in [5.41, 5.74) is 0.234. The Morgan fingerprint density at radius 1 is 1.23 bits per heavy atom. The molecule has 1 aromatic carbocycles. The lowest BCUT2D eigenvalue weighted by atomic mass is 10.0. The molecule has 4 rings (SSSR count). The molecular formula is C18H12ClF4N5O2. The molecule has 12 heteroatoms. The van der Waals surface area contributed by atoms with Crippen LogP contribution in [0.5, 0.6) is 11.6 Å². The first-order chi connectivity index (χ1) is 14.2. The average molecular weight is 442 g/mol. The third-order valence-corrected chi connectivity index (χ3v) is 5.02. The van der Waals surface area contributed by atoms with E-state index in [1.807, 2.05) is 0 Å². The van der Waals surface area contributed by atoms with E-state index in [1.165, 1.54) is 6.20 Å². The fraction of sp³-hybridized carbons (Fsp3) is 0.278. The lowest BCUT2D eigenvalue weighted by Crippen LogP contribution is -2.36. The molecule has 0 spiro atoms. The number of halogens is 5. The van der Waals surface area contributed by atoms with Crippen LogP contribution >= 0.6 is 11.6 Å². The van der Waals surface area contributed by atoms with Gasteiger partial charge in [0, 0.05) is 12.1 Å². The molecule has 2 aromatic rings. The summed E-state index contributed by atoms with van der Waals surface area (Å²) in [5, 5.41) is 6.03. The van der Waals surface area contributed by atoms with E-state index in [1.54, 1.807) is 4.90 Å². The van der Waals surface area contributed by atoms with Gasteiger partial charge >= 0.3 is 6.18 Å². The summed E-state index contributed by atoms with van der Waals surface area (Å²) in [6.45, 7) is 0.603. The van der Waals surface area contributed by atoms with Crippen molar-refractivity contribution in [2.24, 2.45) is 10.2 Å². The Morgan fingerprint density at radius 2 is 2.03 bits per heavy atom. The second-order valence-corrected chi connectivity index (χ2v) is 6.92. The van der Waals surface area contributed by atoms with E-state index < -0.39 is 34.6 Å². The van der Waals surface area contributed by atoms with Crippen LogP contribution in [-0.2, 0) is 23.9 Å². The standard InChI is InChI=1S/C18H12ClF4N5O2/c19-15-13(6-26-27-16(15)29)28-4-3-10-12(7-28)24-8-25-17(10)30-14-2-1-9(20)5-11(14)18(21,22)23/h1-2,5-6,8,15H,3-4,7H2. The van der Waals surface area contributed by atoms with Crippen molar-refractivity contribution in [3.8, 4) is 11.6 Å². The van der Waals surface area contributed by atoms with Crippen LogP contribution in [0.4, 0.5) is 17.6 Å². The Bertz CT molecular complexity index is 1070. The lowest BCUT2D eigenvalue weighted by Gasteiger charge is -2.33. The van der Waals surface area contributed by atoms with Gasteiger partial charge in [-0.25, -0.2) is 14.4 Å². The topological polar surface area (TPSA) is 80.0 Å². The SMILES string of the molecule is O=C1N=NC=C(N2CCc3c(ncnc3Oc3ccc(F)cc3C(F)(F)F)C2)C1Cl. The molecular weight excluding hydrogens is 430 g/mol. The van der Waals surface area contributed by atoms with Crippen LogP contribution < -0.4 is 4.74 Å². The number of nitrogens with zero attached hydrogens (tertiary/aromatic N) is 5. The zero-order valence-corrected chi connectivity index (χ0v) is 15.8. The van der Waals surface area contributed by atoms with Crippen molar-refractivity contribution in [1.82, 2.24) is 14.9 Å². The van der Waals surface area contributed by atoms with Gasteiger partial charge in [-0.1, -0.05) is 0 Å². The maximum absolute atomic E-state index is 13.3. The molecule has 1 atom stereocenters. The lowest BCUT2D eigenvalue weighted by molar-refractivity contribution is -0.138. The van der Waals surface area contributed by atoms with Gasteiger partial charge in [0.1, 0.15) is 23.5 Å². The summed E-state index contributed by atoms with van der Waals surface area (Å²) < 4.78 is 58.5. The van der Waals surface area contributed by atoms with Crippen LogP contribution in [0.1, 0.15) is 16.8 Å². The van der Waals surface area contributed by atoms with E-state index >= 15 is 0 Å². The molecule has 156 valence electrons. The highest BCUT2D eigenvalue weighted by Gasteiger charge is 2.36. The fourth-order valence-corrected chi connectivity index (χ4v) is 3.42. The molecule has 2 aliphatic heterocycles. The molecule has 1 amide bonds. The summed E-state index contributed by atoms with van der Waals surface area (Å²) in [6, 6.07) is 2.15. The molecule has 2 aliphatic rings. The third kappa shape index (κ3) is 3.84. The summed E-state index contributed by atoms with van der Waals surface area (Å²) in [4.78, 5) is 21.6. The summed E-state index contributed by atoms with van der Waals surface area (Å²) in [7, 11) is 0. The highest BCUT2D eigenvalue weighted by molar-refractivity contribution is 6.33. The molecule has 0 radical (unpaired) electrons. The van der Waals surface area contributed by atoms with Gasteiger partial charge in [-0.15, -0.1) is 16.7 Å². The Balaban J connectivity index is 1.63. The van der Waals surface area contributed by atoms with Crippen molar-refractivity contribution >= 4 is 17.5 Å². The molecule has 0 saturated heterocycles. The highest BCUT2D eigenvalue weighted by Crippen LogP contribution is 2.39. The number of aromatic nitrogens is 2. The van der Waals surface area contributed by atoms with Crippen LogP contribution in [0.3, 0.4) is 0 Å². The smallest absolute Gasteiger partial charge is 0.420 e. The molecule has 1 aromatic heterocycles. The first-order valence-corrected chi connectivity index (χ1v) is 9.09. The van der Waals surface area contributed by atoms with Crippen molar-refractivity contribution in [3.63, 3.8) is 0 Å². The maximum atomic E-state index is 13.3. The Labute approximate surface area is 172 Å². The number of rotatable bonds is 3. The van der Waals surface area contributed by atoms with E-state index in [2.05, 4.69) is 20.2 Å². The van der Waals surface area contributed by atoms with E-state index in [0.717, 1.165) is 18.5 Å². The number of benzene rings is 1. The normalized spacial score (nSPS) is 18.8. The first kappa shape index (κ1) is 20.2. The van der Waals surface area contributed by atoms with Gasteiger partial charge in [-0.2, -0.15) is 18.3 Å². The number of carbonyl (C=O) groups is 1. The van der Waals surface area contributed by atoms with Crippen LogP contribution in [0, 0.1) is 5.82 Å². The molecule has 0 bridgehead atoms. The molecule has 0 aliphatic carbocycles. The molecule has 0 saturated carbocycles. The minimum Gasteiger partial charge on any atom is -0.438 e. The van der Waals surface area contributed by atoms with Crippen LogP contribution in [0.25, 0.3) is 0 Å². The van der Waals surface area contributed by atoms with Gasteiger partial charge in [-0.3, -0.25) is 4.79 Å². The van der Waals surface area contributed by atoms with Crippen molar-refractivity contribution in [2.45, 2.75) is 24.5 Å². The van der Waals surface area contributed by atoms with Gasteiger partial charge in [0.2, 0.25) is 5.88 Å². The molecule has 1 unspecified atom stereocenters. The Kier molecular flexibility index (Phi) is 5.14. The van der Waals surface area contributed by atoms with Crippen LogP contribution in [0.15, 0.2) is 46.7 Å². The van der Waals surface area contributed by atoms with E-state index in [9.17, 15) is 22.4 Å². The van der Waals surface area contributed by atoms with E-state index in [-0.39, 0.29) is 12.4 Å². The monoisotopic (exact) mass is 441 g/mol. The number of ether oxygens (including phenoxy) is 1. The zero-order chi connectivity index (χ0) is 21.5. The molecule has 30 heavy (non-hydrogen) atoms. The Hall–Kier alpha value is -3.08. The second-order valence-electron chi connectivity index (χ2n) is 6.49. The van der Waals surface area contributed by atoms with Crippen molar-refractivity contribution in [1.29, 1.82) is 0 Å². The number of amides is 1. The quantitative estimate of drug-likeness (QED) is 0.526. The number of carbonyl (C=O) groups excluding carboxylic acids is 1. The van der Waals surface area contributed by atoms with Gasteiger partial charge in [0.05, 0.1) is 24.1 Å². The van der Waals surface area contributed by atoms with Gasteiger partial charge in [0.25, 0.3) is 5.91 Å². The minimum absolute atomic E-state index is 0.0485. The van der Waals surface area contributed by atoms with E-state index in [0.29, 0.717) is 36.0 Å². The molecule has 7 nitrogen and oxygen atoms in total. The number of azo groups is 1. The van der Waals surface area contributed by atoms with Gasteiger partial charge in [-0.05, 0) is 24.6 Å². The van der Waals surface area contributed by atoms with Gasteiger partial charge in [0.15, 0.2) is 5.38 Å². The number of hydrogen-bond donors (Lipinski definition) is 0. The van der Waals surface area contributed by atoms with Crippen molar-refractivity contribution in [2.75, 3.05) is 6.54 Å². The predicted molar refractivity (Wildman–Crippen MR) is 95.2 cm³/mol. The maximum Gasteiger partial charge on any atom is 0.420 e. The first-order valence-electron chi connectivity index (χ1n) is 8.65. The summed E-state index contributed by atoms with van der Waals surface area (Å²) in [6.07, 6.45) is -1.94. The third-order valence-electron chi connectivity index (χ3n) is 4.61. The molecule has 0 fully saturated rings. The summed E-state index contributed by atoms with van der Waals surface area (Å²) in [5.74, 6) is -2.22. The van der Waals surface area contributed by atoms with Crippen LogP contribution in [0.2, 0.25) is 0 Å². The number of fused-ring (bicyclic) bond motifs is 1. The summed E-state index contributed by atoms with van der Waals surface area (Å²) >= 11 is 6.10. The van der Waals surface area contributed by atoms with Gasteiger partial charge < -0.3 is 9.64 Å². The average Bonchev–Trinajstić information content (AvgIpc) is 2.70. The number of hydrogen-bond acceptors (Lipinski definition) is 6. The van der Waals surface area contributed by atoms with Crippen LogP contribution in [-0.4, -0.2) is 32.7 Å². The minimum atomic E-state index is -4.80.